The van der Waals surface area contributed by atoms with Crippen molar-refractivity contribution in [2.75, 3.05) is 13.1 Å². The standard InChI is InChI=1S/C14H13Cl2NO/c15-11-2-1-10(12(16)8-11)7-13-14(18)9-3-5-17(13)6-4-9/h1-2,7-9H,3-6H2. The van der Waals surface area contributed by atoms with Crippen molar-refractivity contribution in [3.63, 3.8) is 0 Å². The normalized spacial score (nSPS) is 22.0. The van der Waals surface area contributed by atoms with E-state index < -0.39 is 0 Å². The van der Waals surface area contributed by atoms with Crippen LogP contribution in [0.25, 0.3) is 6.08 Å². The summed E-state index contributed by atoms with van der Waals surface area (Å²) in [6, 6.07) is 5.35. The lowest BCUT2D eigenvalue weighted by Gasteiger charge is -2.41. The molecule has 0 N–H and O–H groups in total. The minimum atomic E-state index is 0.215. The summed E-state index contributed by atoms with van der Waals surface area (Å²) < 4.78 is 0. The minimum Gasteiger partial charge on any atom is -0.369 e. The van der Waals surface area contributed by atoms with E-state index in [4.69, 9.17) is 23.2 Å². The number of benzene rings is 1. The molecule has 0 radical (unpaired) electrons. The first-order valence-electron chi connectivity index (χ1n) is 6.11. The topological polar surface area (TPSA) is 20.3 Å². The molecule has 3 aliphatic rings. The zero-order chi connectivity index (χ0) is 12.7. The summed E-state index contributed by atoms with van der Waals surface area (Å²) in [5.74, 6) is 0.478. The molecule has 1 aromatic rings. The van der Waals surface area contributed by atoms with Gasteiger partial charge >= 0.3 is 0 Å². The molecule has 4 rings (SSSR count). The van der Waals surface area contributed by atoms with Gasteiger partial charge in [0.25, 0.3) is 0 Å². The van der Waals surface area contributed by atoms with E-state index in [0.29, 0.717) is 10.0 Å². The summed E-state index contributed by atoms with van der Waals surface area (Å²) in [5.41, 5.74) is 1.67. The van der Waals surface area contributed by atoms with Crippen LogP contribution in [0.2, 0.25) is 10.0 Å². The fourth-order valence-corrected chi connectivity index (χ4v) is 3.14. The van der Waals surface area contributed by atoms with E-state index in [1.54, 1.807) is 12.1 Å². The SMILES string of the molecule is O=C1C(=Cc2ccc(Cl)cc2Cl)N2CCC1CC2. The van der Waals surface area contributed by atoms with Gasteiger partial charge in [0.2, 0.25) is 0 Å². The second-order valence-electron chi connectivity index (χ2n) is 4.82. The van der Waals surface area contributed by atoms with Crippen LogP contribution < -0.4 is 0 Å². The molecule has 18 heavy (non-hydrogen) atoms. The first-order valence-corrected chi connectivity index (χ1v) is 6.86. The molecule has 0 spiro atoms. The number of carbonyl (C=O) groups excluding carboxylic acids is 1. The number of halogens is 2. The molecule has 3 saturated heterocycles. The van der Waals surface area contributed by atoms with Crippen LogP contribution in [0.1, 0.15) is 18.4 Å². The third kappa shape index (κ3) is 2.04. The van der Waals surface area contributed by atoms with Gasteiger partial charge in [-0.15, -0.1) is 0 Å². The van der Waals surface area contributed by atoms with Crippen molar-refractivity contribution in [1.29, 1.82) is 0 Å². The van der Waals surface area contributed by atoms with Gasteiger partial charge in [0, 0.05) is 29.1 Å². The molecule has 2 bridgehead atoms. The number of hydrogen-bond donors (Lipinski definition) is 0. The summed E-state index contributed by atoms with van der Waals surface area (Å²) >= 11 is 12.0. The molecule has 0 saturated carbocycles. The number of allylic oxidation sites excluding steroid dienone is 1. The molecule has 3 fully saturated rings. The Morgan fingerprint density at radius 2 is 1.94 bits per heavy atom. The minimum absolute atomic E-state index is 0.215. The number of nitrogens with zero attached hydrogens (tertiary/aromatic N) is 1. The molecule has 0 unspecified atom stereocenters. The Hall–Kier alpha value is -0.990. The number of ketones is 1. The molecule has 0 atom stereocenters. The summed E-state index contributed by atoms with van der Waals surface area (Å²) in [6.07, 6.45) is 3.88. The van der Waals surface area contributed by atoms with E-state index >= 15 is 0 Å². The number of carbonyl (C=O) groups is 1. The smallest absolute Gasteiger partial charge is 0.182 e. The zero-order valence-electron chi connectivity index (χ0n) is 9.83. The van der Waals surface area contributed by atoms with E-state index in [-0.39, 0.29) is 11.7 Å². The van der Waals surface area contributed by atoms with Gasteiger partial charge in [0.05, 0.1) is 5.70 Å². The third-order valence-corrected chi connectivity index (χ3v) is 4.28. The average Bonchev–Trinajstić information content (AvgIpc) is 2.37. The maximum Gasteiger partial charge on any atom is 0.182 e. The van der Waals surface area contributed by atoms with E-state index in [9.17, 15) is 4.79 Å². The summed E-state index contributed by atoms with van der Waals surface area (Å²) in [5, 5.41) is 1.20. The molecular weight excluding hydrogens is 269 g/mol. The van der Waals surface area contributed by atoms with Gasteiger partial charge in [-0.1, -0.05) is 29.3 Å². The van der Waals surface area contributed by atoms with Crippen molar-refractivity contribution in [2.24, 2.45) is 5.92 Å². The predicted molar refractivity (Wildman–Crippen MR) is 73.7 cm³/mol. The van der Waals surface area contributed by atoms with E-state index in [0.717, 1.165) is 37.2 Å². The van der Waals surface area contributed by atoms with Gasteiger partial charge in [0.1, 0.15) is 0 Å². The van der Waals surface area contributed by atoms with Gasteiger partial charge in [-0.2, -0.15) is 0 Å². The number of hydrogen-bond acceptors (Lipinski definition) is 2. The number of piperidine rings is 3. The van der Waals surface area contributed by atoms with E-state index in [2.05, 4.69) is 4.90 Å². The maximum atomic E-state index is 12.2. The number of Topliss-reactive ketones (excluding diaryl/α,β-unsaturated/α-hetero) is 1. The largest absolute Gasteiger partial charge is 0.369 e. The fraction of sp³-hybridized carbons (Fsp3) is 0.357. The van der Waals surface area contributed by atoms with Crippen molar-refractivity contribution in [1.82, 2.24) is 4.90 Å². The molecular formula is C14H13Cl2NO. The Bertz CT molecular complexity index is 531. The molecule has 3 aliphatic heterocycles. The van der Waals surface area contributed by atoms with Crippen LogP contribution in [0, 0.1) is 5.92 Å². The molecule has 2 nitrogen and oxygen atoms in total. The Balaban J connectivity index is 1.98. The van der Waals surface area contributed by atoms with Crippen LogP contribution in [-0.2, 0) is 4.79 Å². The Kier molecular flexibility index (Phi) is 3.08. The Morgan fingerprint density at radius 1 is 1.22 bits per heavy atom. The quantitative estimate of drug-likeness (QED) is 0.733. The predicted octanol–water partition coefficient (Wildman–Crippen LogP) is 3.63. The monoisotopic (exact) mass is 281 g/mol. The van der Waals surface area contributed by atoms with Crippen LogP contribution in [0.15, 0.2) is 23.9 Å². The van der Waals surface area contributed by atoms with Crippen LogP contribution in [0.4, 0.5) is 0 Å². The van der Waals surface area contributed by atoms with Crippen molar-refractivity contribution in [3.8, 4) is 0 Å². The van der Waals surface area contributed by atoms with E-state index in [1.165, 1.54) is 0 Å². The molecule has 94 valence electrons. The van der Waals surface area contributed by atoms with Crippen molar-refractivity contribution >= 4 is 35.1 Å². The van der Waals surface area contributed by atoms with Gasteiger partial charge in [-0.25, -0.2) is 0 Å². The molecule has 3 heterocycles. The summed E-state index contributed by atoms with van der Waals surface area (Å²) in [7, 11) is 0. The second-order valence-corrected chi connectivity index (χ2v) is 5.66. The highest BCUT2D eigenvalue weighted by Gasteiger charge is 2.36. The van der Waals surface area contributed by atoms with Crippen LogP contribution >= 0.6 is 23.2 Å². The number of rotatable bonds is 1. The summed E-state index contributed by atoms with van der Waals surface area (Å²) in [4.78, 5) is 14.4. The van der Waals surface area contributed by atoms with Crippen molar-refractivity contribution < 1.29 is 4.79 Å². The highest BCUT2D eigenvalue weighted by molar-refractivity contribution is 6.35. The molecule has 0 aliphatic carbocycles. The Labute approximate surface area is 116 Å². The maximum absolute atomic E-state index is 12.2. The Morgan fingerprint density at radius 3 is 2.56 bits per heavy atom. The molecule has 0 aromatic heterocycles. The van der Waals surface area contributed by atoms with Crippen LogP contribution in [0.3, 0.4) is 0 Å². The highest BCUT2D eigenvalue weighted by atomic mass is 35.5. The number of fused-ring (bicyclic) bond motifs is 3. The lowest BCUT2D eigenvalue weighted by Crippen LogP contribution is -2.45. The van der Waals surface area contributed by atoms with Crippen molar-refractivity contribution in [2.45, 2.75) is 12.8 Å². The van der Waals surface area contributed by atoms with Crippen molar-refractivity contribution in [3.05, 3.63) is 39.5 Å². The fourth-order valence-electron chi connectivity index (χ4n) is 2.68. The zero-order valence-corrected chi connectivity index (χ0v) is 11.3. The first-order chi connectivity index (χ1) is 8.65. The van der Waals surface area contributed by atoms with Gasteiger partial charge < -0.3 is 4.90 Å². The molecule has 1 aromatic carbocycles. The lowest BCUT2D eigenvalue weighted by molar-refractivity contribution is -0.125. The average molecular weight is 282 g/mol. The van der Waals surface area contributed by atoms with Crippen LogP contribution in [-0.4, -0.2) is 23.8 Å². The highest BCUT2D eigenvalue weighted by Crippen LogP contribution is 2.33. The lowest BCUT2D eigenvalue weighted by atomic mass is 9.84. The van der Waals surface area contributed by atoms with Gasteiger partial charge in [-0.05, 0) is 36.6 Å². The van der Waals surface area contributed by atoms with Gasteiger partial charge in [-0.3, -0.25) is 4.79 Å². The molecule has 4 heteroatoms. The first kappa shape index (κ1) is 12.1. The third-order valence-electron chi connectivity index (χ3n) is 3.71. The summed E-state index contributed by atoms with van der Waals surface area (Å²) in [6.45, 7) is 1.96. The van der Waals surface area contributed by atoms with E-state index in [1.807, 2.05) is 12.1 Å². The van der Waals surface area contributed by atoms with Gasteiger partial charge in [0.15, 0.2) is 5.78 Å². The van der Waals surface area contributed by atoms with Crippen LogP contribution in [0.5, 0.6) is 0 Å². The molecule has 0 amide bonds. The second kappa shape index (κ2) is 4.60.